The molecule has 0 aliphatic rings. The zero-order valence-corrected chi connectivity index (χ0v) is 13.3. The Bertz CT molecular complexity index is 815. The summed E-state index contributed by atoms with van der Waals surface area (Å²) in [7, 11) is 0. The Morgan fingerprint density at radius 3 is 2.88 bits per heavy atom. The Labute approximate surface area is 140 Å². The van der Waals surface area contributed by atoms with Crippen LogP contribution in [0, 0.1) is 6.92 Å². The summed E-state index contributed by atoms with van der Waals surface area (Å²) in [5, 5.41) is 6.86. The normalized spacial score (nSPS) is 10.4. The van der Waals surface area contributed by atoms with Crippen LogP contribution in [0.1, 0.15) is 12.0 Å². The summed E-state index contributed by atoms with van der Waals surface area (Å²) in [5.41, 5.74) is 1.75. The molecule has 122 valence electrons. The smallest absolute Gasteiger partial charge is 0.226 e. The van der Waals surface area contributed by atoms with Crippen LogP contribution in [0.4, 0.5) is 5.69 Å². The van der Waals surface area contributed by atoms with Gasteiger partial charge in [0, 0.05) is 6.42 Å². The second-order valence-electron chi connectivity index (χ2n) is 5.37. The molecule has 24 heavy (non-hydrogen) atoms. The molecule has 0 saturated heterocycles. The van der Waals surface area contributed by atoms with E-state index in [2.05, 4.69) is 15.4 Å². The molecule has 0 atom stereocenters. The van der Waals surface area contributed by atoms with E-state index in [1.165, 1.54) is 6.33 Å². The quantitative estimate of drug-likeness (QED) is 0.755. The largest absolute Gasteiger partial charge is 0.455 e. The van der Waals surface area contributed by atoms with E-state index in [1.807, 2.05) is 55.5 Å². The number of hydrogen-bond donors (Lipinski definition) is 1. The molecule has 0 unspecified atom stereocenters. The van der Waals surface area contributed by atoms with Gasteiger partial charge in [-0.3, -0.25) is 9.48 Å². The van der Waals surface area contributed by atoms with E-state index >= 15 is 0 Å². The van der Waals surface area contributed by atoms with Gasteiger partial charge in [-0.05, 0) is 36.8 Å². The van der Waals surface area contributed by atoms with Gasteiger partial charge in [0.2, 0.25) is 5.91 Å². The number of ether oxygens (including phenoxy) is 1. The van der Waals surface area contributed by atoms with Crippen LogP contribution in [0.2, 0.25) is 0 Å². The average Bonchev–Trinajstić information content (AvgIpc) is 3.08. The second kappa shape index (κ2) is 7.41. The summed E-state index contributed by atoms with van der Waals surface area (Å²) >= 11 is 0. The molecule has 3 aromatic rings. The SMILES string of the molecule is Cc1cccc(Oc2ccccc2NC(=O)CCn2cncn2)c1. The lowest BCUT2D eigenvalue weighted by Crippen LogP contribution is -2.15. The third-order valence-electron chi connectivity index (χ3n) is 3.41. The molecule has 3 rings (SSSR count). The standard InChI is InChI=1S/C18H18N4O2/c1-14-5-4-6-15(11-14)24-17-8-3-2-7-16(17)21-18(23)9-10-22-13-19-12-20-22/h2-8,11-13H,9-10H2,1H3,(H,21,23). The van der Waals surface area contributed by atoms with Gasteiger partial charge in [0.1, 0.15) is 18.4 Å². The Kier molecular flexibility index (Phi) is 4.86. The summed E-state index contributed by atoms with van der Waals surface area (Å²) in [4.78, 5) is 16.0. The number of anilines is 1. The highest BCUT2D eigenvalue weighted by molar-refractivity contribution is 5.92. The number of aromatic nitrogens is 3. The first-order valence-corrected chi connectivity index (χ1v) is 7.66. The highest BCUT2D eigenvalue weighted by atomic mass is 16.5. The van der Waals surface area contributed by atoms with Crippen LogP contribution in [0.15, 0.2) is 61.2 Å². The predicted octanol–water partition coefficient (Wildman–Crippen LogP) is 3.41. The maximum absolute atomic E-state index is 12.1. The van der Waals surface area contributed by atoms with E-state index in [-0.39, 0.29) is 5.91 Å². The number of benzene rings is 2. The summed E-state index contributed by atoms with van der Waals surface area (Å²) in [6.45, 7) is 2.48. The Hall–Kier alpha value is -3.15. The van der Waals surface area contributed by atoms with Crippen molar-refractivity contribution >= 4 is 11.6 Å². The van der Waals surface area contributed by atoms with Gasteiger partial charge in [-0.15, -0.1) is 0 Å². The molecule has 0 radical (unpaired) electrons. The molecular formula is C18H18N4O2. The van der Waals surface area contributed by atoms with Crippen molar-refractivity contribution in [2.45, 2.75) is 19.9 Å². The molecule has 0 fully saturated rings. The molecule has 1 N–H and O–H groups in total. The summed E-state index contributed by atoms with van der Waals surface area (Å²) in [5.74, 6) is 1.24. The first kappa shape index (κ1) is 15.7. The summed E-state index contributed by atoms with van der Waals surface area (Å²) < 4.78 is 7.52. The van der Waals surface area contributed by atoms with E-state index in [0.717, 1.165) is 11.3 Å². The lowest BCUT2D eigenvalue weighted by atomic mass is 10.2. The monoisotopic (exact) mass is 322 g/mol. The fourth-order valence-electron chi connectivity index (χ4n) is 2.24. The summed E-state index contributed by atoms with van der Waals surface area (Å²) in [6, 6.07) is 15.1. The zero-order valence-electron chi connectivity index (χ0n) is 13.3. The fraction of sp³-hybridized carbons (Fsp3) is 0.167. The topological polar surface area (TPSA) is 69.0 Å². The second-order valence-corrected chi connectivity index (χ2v) is 5.37. The predicted molar refractivity (Wildman–Crippen MR) is 91.0 cm³/mol. The molecular weight excluding hydrogens is 304 g/mol. The minimum atomic E-state index is -0.106. The molecule has 0 spiro atoms. The van der Waals surface area contributed by atoms with Gasteiger partial charge < -0.3 is 10.1 Å². The van der Waals surface area contributed by atoms with Crippen molar-refractivity contribution in [2.24, 2.45) is 0 Å². The van der Waals surface area contributed by atoms with Gasteiger partial charge >= 0.3 is 0 Å². The number of hydrogen-bond acceptors (Lipinski definition) is 4. The van der Waals surface area contributed by atoms with Crippen molar-refractivity contribution in [1.82, 2.24) is 14.8 Å². The number of nitrogens with one attached hydrogen (secondary N) is 1. The number of carbonyl (C=O) groups excluding carboxylic acids is 1. The highest BCUT2D eigenvalue weighted by Gasteiger charge is 2.09. The zero-order chi connectivity index (χ0) is 16.8. The first-order chi connectivity index (χ1) is 11.7. The fourth-order valence-corrected chi connectivity index (χ4v) is 2.24. The summed E-state index contributed by atoms with van der Waals surface area (Å²) in [6.07, 6.45) is 3.34. The Morgan fingerprint density at radius 2 is 2.08 bits per heavy atom. The number of rotatable bonds is 6. The van der Waals surface area contributed by atoms with Crippen LogP contribution >= 0.6 is 0 Å². The highest BCUT2D eigenvalue weighted by Crippen LogP contribution is 2.29. The van der Waals surface area contributed by atoms with Crippen LogP contribution in [-0.4, -0.2) is 20.7 Å². The molecule has 6 heteroatoms. The molecule has 1 aromatic heterocycles. The van der Waals surface area contributed by atoms with E-state index < -0.39 is 0 Å². The van der Waals surface area contributed by atoms with Crippen molar-refractivity contribution in [3.05, 3.63) is 66.7 Å². The van der Waals surface area contributed by atoms with Crippen molar-refractivity contribution in [3.63, 3.8) is 0 Å². The van der Waals surface area contributed by atoms with E-state index in [0.29, 0.717) is 24.4 Å². The molecule has 1 heterocycles. The maximum atomic E-state index is 12.1. The van der Waals surface area contributed by atoms with Gasteiger partial charge in [-0.2, -0.15) is 5.10 Å². The van der Waals surface area contributed by atoms with Crippen molar-refractivity contribution < 1.29 is 9.53 Å². The van der Waals surface area contributed by atoms with Gasteiger partial charge in [-0.25, -0.2) is 4.98 Å². The number of aryl methyl sites for hydroxylation is 2. The van der Waals surface area contributed by atoms with Gasteiger partial charge in [0.25, 0.3) is 0 Å². The number of amides is 1. The van der Waals surface area contributed by atoms with Gasteiger partial charge in [0.05, 0.1) is 12.2 Å². The maximum Gasteiger partial charge on any atom is 0.226 e. The average molecular weight is 322 g/mol. The van der Waals surface area contributed by atoms with Crippen LogP contribution in [0.5, 0.6) is 11.5 Å². The van der Waals surface area contributed by atoms with E-state index in [1.54, 1.807) is 11.0 Å². The number of carbonyl (C=O) groups is 1. The number of nitrogens with zero attached hydrogens (tertiary/aromatic N) is 3. The van der Waals surface area contributed by atoms with Crippen LogP contribution < -0.4 is 10.1 Å². The van der Waals surface area contributed by atoms with Crippen LogP contribution in [0.3, 0.4) is 0 Å². The molecule has 0 aliphatic heterocycles. The molecule has 6 nitrogen and oxygen atoms in total. The Balaban J connectivity index is 1.66. The molecule has 0 bridgehead atoms. The first-order valence-electron chi connectivity index (χ1n) is 7.66. The Morgan fingerprint density at radius 1 is 1.21 bits per heavy atom. The molecule has 2 aromatic carbocycles. The number of para-hydroxylation sites is 2. The third kappa shape index (κ3) is 4.19. The van der Waals surface area contributed by atoms with E-state index in [4.69, 9.17) is 4.74 Å². The molecule has 0 aliphatic carbocycles. The molecule has 0 saturated carbocycles. The third-order valence-corrected chi connectivity index (χ3v) is 3.41. The van der Waals surface area contributed by atoms with Gasteiger partial charge in [0.15, 0.2) is 5.75 Å². The lowest BCUT2D eigenvalue weighted by Gasteiger charge is -2.12. The van der Waals surface area contributed by atoms with Gasteiger partial charge in [-0.1, -0.05) is 24.3 Å². The van der Waals surface area contributed by atoms with Crippen molar-refractivity contribution in [2.75, 3.05) is 5.32 Å². The van der Waals surface area contributed by atoms with Crippen LogP contribution in [-0.2, 0) is 11.3 Å². The minimum absolute atomic E-state index is 0.106. The minimum Gasteiger partial charge on any atom is -0.455 e. The van der Waals surface area contributed by atoms with E-state index in [9.17, 15) is 4.79 Å². The van der Waals surface area contributed by atoms with Crippen molar-refractivity contribution in [3.8, 4) is 11.5 Å². The van der Waals surface area contributed by atoms with Crippen molar-refractivity contribution in [1.29, 1.82) is 0 Å². The van der Waals surface area contributed by atoms with Crippen LogP contribution in [0.25, 0.3) is 0 Å². The molecule has 1 amide bonds. The lowest BCUT2D eigenvalue weighted by molar-refractivity contribution is -0.116.